The van der Waals surface area contributed by atoms with Crippen molar-refractivity contribution in [3.63, 3.8) is 0 Å². The van der Waals surface area contributed by atoms with Gasteiger partial charge in [0, 0.05) is 18.8 Å². The van der Waals surface area contributed by atoms with Gasteiger partial charge in [0.2, 0.25) is 5.43 Å². The molecule has 2 rings (SSSR count). The monoisotopic (exact) mass is 371 g/mol. The zero-order chi connectivity index (χ0) is 19.6. The quantitative estimate of drug-likeness (QED) is 0.544. The number of unbranched alkanes of at least 4 members (excludes halogenated alkanes) is 1. The minimum absolute atomic E-state index is 0.0433. The number of aromatic nitrogens is 1. The highest BCUT2D eigenvalue weighted by Gasteiger charge is 2.14. The molecular weight excluding hydrogens is 338 g/mol. The minimum atomic E-state index is -0.0433. The number of pyridine rings is 1. The molecule has 4 heteroatoms. The van der Waals surface area contributed by atoms with E-state index < -0.39 is 0 Å². The van der Waals surface area contributed by atoms with Crippen molar-refractivity contribution >= 4 is 0 Å². The van der Waals surface area contributed by atoms with E-state index in [-0.39, 0.29) is 5.43 Å². The van der Waals surface area contributed by atoms with E-state index in [2.05, 4.69) is 25.3 Å². The van der Waals surface area contributed by atoms with E-state index in [4.69, 9.17) is 9.47 Å². The third-order valence-corrected chi connectivity index (χ3v) is 5.11. The maximum Gasteiger partial charge on any atom is 0.223 e. The topological polar surface area (TPSA) is 40.5 Å². The molecule has 2 aromatic rings. The van der Waals surface area contributed by atoms with E-state index in [0.717, 1.165) is 36.4 Å². The highest BCUT2D eigenvalue weighted by molar-refractivity contribution is 5.30. The van der Waals surface area contributed by atoms with Crippen LogP contribution in [-0.4, -0.2) is 11.7 Å². The van der Waals surface area contributed by atoms with Crippen LogP contribution in [0.25, 0.3) is 0 Å². The third kappa shape index (κ3) is 5.88. The summed E-state index contributed by atoms with van der Waals surface area (Å²) >= 11 is 0. The van der Waals surface area contributed by atoms with Gasteiger partial charge in [-0.05, 0) is 36.5 Å². The first-order chi connectivity index (χ1) is 13.1. The second kappa shape index (κ2) is 10.8. The zero-order valence-electron chi connectivity index (χ0n) is 17.2. The van der Waals surface area contributed by atoms with E-state index in [1.165, 1.54) is 19.3 Å². The van der Waals surface area contributed by atoms with Crippen molar-refractivity contribution in [1.29, 1.82) is 0 Å². The molecule has 0 N–H and O–H groups in total. The molecular formula is C23H33NO3. The largest absolute Gasteiger partial charge is 0.497 e. The maximum atomic E-state index is 12.4. The summed E-state index contributed by atoms with van der Waals surface area (Å²) in [5.74, 6) is 1.93. The average molecular weight is 372 g/mol. The SMILES string of the molecule is CCCCC(CC)Cn1ccc(=O)c(OCc2ccc(OC)cc2)c1CC. The molecule has 1 heterocycles. The first-order valence-corrected chi connectivity index (χ1v) is 10.1. The lowest BCUT2D eigenvalue weighted by Crippen LogP contribution is -2.19. The molecule has 0 bridgehead atoms. The van der Waals surface area contributed by atoms with E-state index in [9.17, 15) is 4.79 Å². The number of methoxy groups -OCH3 is 1. The van der Waals surface area contributed by atoms with Gasteiger partial charge < -0.3 is 14.0 Å². The molecule has 1 aromatic heterocycles. The van der Waals surface area contributed by atoms with Crippen LogP contribution in [0, 0.1) is 5.92 Å². The molecule has 148 valence electrons. The summed E-state index contributed by atoms with van der Waals surface area (Å²) < 4.78 is 13.4. The molecule has 0 saturated heterocycles. The van der Waals surface area contributed by atoms with Gasteiger partial charge in [0.1, 0.15) is 12.4 Å². The molecule has 1 aromatic carbocycles. The summed E-state index contributed by atoms with van der Waals surface area (Å²) in [4.78, 5) is 12.4. The van der Waals surface area contributed by atoms with Crippen LogP contribution in [0.1, 0.15) is 57.7 Å². The van der Waals surface area contributed by atoms with Gasteiger partial charge >= 0.3 is 0 Å². The molecule has 1 unspecified atom stereocenters. The summed E-state index contributed by atoms with van der Waals surface area (Å²) in [5.41, 5.74) is 1.96. The van der Waals surface area contributed by atoms with Gasteiger partial charge in [-0.15, -0.1) is 0 Å². The smallest absolute Gasteiger partial charge is 0.223 e. The van der Waals surface area contributed by atoms with Gasteiger partial charge in [-0.1, -0.05) is 52.2 Å². The van der Waals surface area contributed by atoms with Crippen molar-refractivity contribution in [1.82, 2.24) is 4.57 Å². The average Bonchev–Trinajstić information content (AvgIpc) is 2.71. The van der Waals surface area contributed by atoms with Crippen LogP contribution >= 0.6 is 0 Å². The molecule has 1 atom stereocenters. The lowest BCUT2D eigenvalue weighted by atomic mass is 9.99. The molecule has 0 aliphatic carbocycles. The summed E-state index contributed by atoms with van der Waals surface area (Å²) in [6.07, 6.45) is 7.55. The van der Waals surface area contributed by atoms with Crippen LogP contribution in [0.3, 0.4) is 0 Å². The van der Waals surface area contributed by atoms with Gasteiger partial charge in [0.15, 0.2) is 5.75 Å². The van der Waals surface area contributed by atoms with Crippen LogP contribution in [0.15, 0.2) is 41.3 Å². The lowest BCUT2D eigenvalue weighted by Gasteiger charge is -2.21. The van der Waals surface area contributed by atoms with Crippen LogP contribution in [0.4, 0.5) is 0 Å². The van der Waals surface area contributed by atoms with Crippen molar-refractivity contribution in [2.75, 3.05) is 7.11 Å². The third-order valence-electron chi connectivity index (χ3n) is 5.11. The van der Waals surface area contributed by atoms with E-state index in [1.807, 2.05) is 30.5 Å². The van der Waals surface area contributed by atoms with Gasteiger partial charge in [-0.25, -0.2) is 0 Å². The predicted molar refractivity (Wildman–Crippen MR) is 111 cm³/mol. The summed E-state index contributed by atoms with van der Waals surface area (Å²) in [6.45, 7) is 7.88. The first-order valence-electron chi connectivity index (χ1n) is 10.1. The Morgan fingerprint density at radius 1 is 1.07 bits per heavy atom. The van der Waals surface area contributed by atoms with Gasteiger partial charge in [-0.2, -0.15) is 0 Å². The summed E-state index contributed by atoms with van der Waals surface area (Å²) in [7, 11) is 1.65. The van der Waals surface area contributed by atoms with E-state index in [1.54, 1.807) is 13.2 Å². The number of hydrogen-bond donors (Lipinski definition) is 0. The fourth-order valence-corrected chi connectivity index (χ4v) is 3.36. The Kier molecular flexibility index (Phi) is 8.43. The second-order valence-electron chi connectivity index (χ2n) is 7.01. The number of nitrogens with zero attached hydrogens (tertiary/aromatic N) is 1. The molecule has 0 aliphatic rings. The number of rotatable bonds is 11. The fraction of sp³-hybridized carbons (Fsp3) is 0.522. The molecule has 0 amide bonds. The lowest BCUT2D eigenvalue weighted by molar-refractivity contribution is 0.292. The van der Waals surface area contributed by atoms with E-state index >= 15 is 0 Å². The van der Waals surface area contributed by atoms with Crippen molar-refractivity contribution in [3.05, 3.63) is 58.0 Å². The first kappa shape index (κ1) is 21.1. The molecule has 0 saturated carbocycles. The Morgan fingerprint density at radius 2 is 1.81 bits per heavy atom. The van der Waals surface area contributed by atoms with Gasteiger partial charge in [0.05, 0.1) is 12.8 Å². The van der Waals surface area contributed by atoms with Crippen molar-refractivity contribution in [3.8, 4) is 11.5 Å². The van der Waals surface area contributed by atoms with Crippen molar-refractivity contribution in [2.45, 2.75) is 66.0 Å². The molecule has 4 nitrogen and oxygen atoms in total. The summed E-state index contributed by atoms with van der Waals surface area (Å²) in [6, 6.07) is 9.37. The molecule has 0 spiro atoms. The molecule has 0 radical (unpaired) electrons. The molecule has 0 fully saturated rings. The highest BCUT2D eigenvalue weighted by atomic mass is 16.5. The van der Waals surface area contributed by atoms with Gasteiger partial charge in [0.25, 0.3) is 0 Å². The Hall–Kier alpha value is -2.23. The fourth-order valence-electron chi connectivity index (χ4n) is 3.36. The van der Waals surface area contributed by atoms with Crippen LogP contribution in [0.5, 0.6) is 11.5 Å². The van der Waals surface area contributed by atoms with Crippen molar-refractivity contribution in [2.24, 2.45) is 5.92 Å². The van der Waals surface area contributed by atoms with E-state index in [0.29, 0.717) is 18.3 Å². The Labute approximate surface area is 163 Å². The van der Waals surface area contributed by atoms with Crippen molar-refractivity contribution < 1.29 is 9.47 Å². The maximum absolute atomic E-state index is 12.4. The molecule has 0 aliphatic heterocycles. The Morgan fingerprint density at radius 3 is 2.41 bits per heavy atom. The summed E-state index contributed by atoms with van der Waals surface area (Å²) in [5, 5.41) is 0. The Bertz CT molecular complexity index is 749. The number of hydrogen-bond acceptors (Lipinski definition) is 3. The minimum Gasteiger partial charge on any atom is -0.497 e. The van der Waals surface area contributed by atoms with Crippen LogP contribution < -0.4 is 14.9 Å². The normalized spacial score (nSPS) is 12.0. The molecule has 27 heavy (non-hydrogen) atoms. The highest BCUT2D eigenvalue weighted by Crippen LogP contribution is 2.21. The predicted octanol–water partition coefficient (Wildman–Crippen LogP) is 5.21. The Balaban J connectivity index is 2.18. The van der Waals surface area contributed by atoms with Crippen LogP contribution in [-0.2, 0) is 19.6 Å². The number of benzene rings is 1. The number of ether oxygens (including phenoxy) is 2. The van der Waals surface area contributed by atoms with Gasteiger partial charge in [-0.3, -0.25) is 4.79 Å². The second-order valence-corrected chi connectivity index (χ2v) is 7.01. The zero-order valence-corrected chi connectivity index (χ0v) is 17.2. The van der Waals surface area contributed by atoms with Crippen LogP contribution in [0.2, 0.25) is 0 Å². The standard InChI is InChI=1S/C23H33NO3/c1-5-8-9-18(6-2)16-24-15-14-22(25)23(21(24)7-3)27-17-19-10-12-20(26-4)13-11-19/h10-15,18H,5-9,16-17H2,1-4H3.